The molecule has 2 rings (SSSR count). The first-order valence-corrected chi connectivity index (χ1v) is 9.18. The van der Waals surface area contributed by atoms with Gasteiger partial charge in [-0.3, -0.25) is 14.4 Å². The summed E-state index contributed by atoms with van der Waals surface area (Å²) in [7, 11) is 3.32. The molecule has 1 atom stereocenters. The zero-order valence-corrected chi connectivity index (χ0v) is 16.8. The number of hydrogen-bond acceptors (Lipinski definition) is 3. The van der Waals surface area contributed by atoms with Crippen molar-refractivity contribution in [3.63, 3.8) is 0 Å². The van der Waals surface area contributed by atoms with E-state index < -0.39 is 0 Å². The van der Waals surface area contributed by atoms with Crippen LogP contribution >= 0.6 is 0 Å². The fourth-order valence-corrected chi connectivity index (χ4v) is 2.89. The molecule has 0 bridgehead atoms. The molecule has 2 aromatic carbocycles. The third-order valence-electron chi connectivity index (χ3n) is 4.52. The summed E-state index contributed by atoms with van der Waals surface area (Å²) >= 11 is 0. The summed E-state index contributed by atoms with van der Waals surface area (Å²) in [4.78, 5) is 37.5. The van der Waals surface area contributed by atoms with Crippen molar-refractivity contribution < 1.29 is 14.4 Å². The molecule has 28 heavy (non-hydrogen) atoms. The van der Waals surface area contributed by atoms with Crippen LogP contribution in [-0.4, -0.2) is 36.7 Å². The summed E-state index contributed by atoms with van der Waals surface area (Å²) in [5, 5.41) is 5.44. The third-order valence-corrected chi connectivity index (χ3v) is 4.52. The van der Waals surface area contributed by atoms with Gasteiger partial charge in [-0.25, -0.2) is 0 Å². The first-order valence-electron chi connectivity index (χ1n) is 9.18. The number of carbonyl (C=O) groups excluding carboxylic acids is 3. The molecule has 148 valence electrons. The van der Waals surface area contributed by atoms with Crippen molar-refractivity contribution >= 4 is 17.7 Å². The Balaban J connectivity index is 2.04. The van der Waals surface area contributed by atoms with Crippen molar-refractivity contribution in [1.29, 1.82) is 0 Å². The molecule has 0 aliphatic carbocycles. The van der Waals surface area contributed by atoms with Crippen molar-refractivity contribution in [1.82, 2.24) is 15.5 Å². The molecule has 0 aromatic heterocycles. The monoisotopic (exact) mass is 381 g/mol. The number of rotatable bonds is 7. The molecule has 0 heterocycles. The Bertz CT molecular complexity index is 829. The van der Waals surface area contributed by atoms with E-state index in [0.29, 0.717) is 12.1 Å². The molecular weight excluding hydrogens is 354 g/mol. The van der Waals surface area contributed by atoms with Gasteiger partial charge >= 0.3 is 0 Å². The average Bonchev–Trinajstić information content (AvgIpc) is 2.67. The second kappa shape index (κ2) is 9.69. The highest BCUT2D eigenvalue weighted by atomic mass is 16.2. The summed E-state index contributed by atoms with van der Waals surface area (Å²) in [6.07, 6.45) is 0.176. The molecule has 0 aliphatic rings. The van der Waals surface area contributed by atoms with Crippen molar-refractivity contribution in [2.75, 3.05) is 14.1 Å². The van der Waals surface area contributed by atoms with Gasteiger partial charge in [-0.1, -0.05) is 42.0 Å². The lowest BCUT2D eigenvalue weighted by Crippen LogP contribution is -2.33. The predicted molar refractivity (Wildman–Crippen MR) is 109 cm³/mol. The smallest absolute Gasteiger partial charge is 0.251 e. The lowest BCUT2D eigenvalue weighted by Gasteiger charge is -2.23. The molecule has 6 heteroatoms. The van der Waals surface area contributed by atoms with E-state index in [-0.39, 0.29) is 30.2 Å². The highest BCUT2D eigenvalue weighted by Crippen LogP contribution is 2.19. The lowest BCUT2D eigenvalue weighted by atomic mass is 10.0. The molecule has 0 radical (unpaired) electrons. The Kier molecular flexibility index (Phi) is 7.32. The predicted octanol–water partition coefficient (Wildman–Crippen LogP) is 2.58. The Labute approximate surface area is 165 Å². The molecule has 0 fully saturated rings. The number of nitrogens with zero attached hydrogens (tertiary/aromatic N) is 1. The summed E-state index contributed by atoms with van der Waals surface area (Å²) in [6, 6.07) is 14.6. The van der Waals surface area contributed by atoms with E-state index in [0.717, 1.165) is 16.7 Å². The highest BCUT2D eigenvalue weighted by molar-refractivity contribution is 5.93. The van der Waals surface area contributed by atoms with Crippen LogP contribution in [0.15, 0.2) is 48.5 Å². The number of nitrogens with one attached hydrogen (secondary N) is 2. The van der Waals surface area contributed by atoms with Gasteiger partial charge in [0, 0.05) is 33.1 Å². The maximum atomic E-state index is 12.7. The Hall–Kier alpha value is -3.15. The maximum absolute atomic E-state index is 12.7. The van der Waals surface area contributed by atoms with Crippen LogP contribution in [0.3, 0.4) is 0 Å². The molecule has 1 unspecified atom stereocenters. The van der Waals surface area contributed by atoms with E-state index in [1.54, 1.807) is 31.1 Å². The molecule has 2 N–H and O–H groups in total. The Morgan fingerprint density at radius 1 is 1.00 bits per heavy atom. The molecule has 0 saturated heterocycles. The summed E-state index contributed by atoms with van der Waals surface area (Å²) < 4.78 is 0. The van der Waals surface area contributed by atoms with Crippen LogP contribution in [0.5, 0.6) is 0 Å². The van der Waals surface area contributed by atoms with Gasteiger partial charge in [-0.15, -0.1) is 0 Å². The van der Waals surface area contributed by atoms with Gasteiger partial charge < -0.3 is 15.5 Å². The second-order valence-electron chi connectivity index (χ2n) is 6.89. The van der Waals surface area contributed by atoms with Gasteiger partial charge in [0.25, 0.3) is 5.91 Å². The zero-order chi connectivity index (χ0) is 20.7. The first-order chi connectivity index (χ1) is 13.3. The van der Waals surface area contributed by atoms with E-state index in [2.05, 4.69) is 10.6 Å². The van der Waals surface area contributed by atoms with Crippen molar-refractivity contribution in [3.8, 4) is 0 Å². The van der Waals surface area contributed by atoms with Gasteiger partial charge in [-0.2, -0.15) is 0 Å². The second-order valence-corrected chi connectivity index (χ2v) is 6.89. The summed E-state index contributed by atoms with van der Waals surface area (Å²) in [6.45, 7) is 3.86. The van der Waals surface area contributed by atoms with Crippen LogP contribution in [0.25, 0.3) is 0 Å². The summed E-state index contributed by atoms with van der Waals surface area (Å²) in [5.41, 5.74) is 3.52. The fourth-order valence-electron chi connectivity index (χ4n) is 2.89. The third kappa shape index (κ3) is 5.94. The average molecular weight is 381 g/mol. The van der Waals surface area contributed by atoms with E-state index in [1.165, 1.54) is 6.92 Å². The van der Waals surface area contributed by atoms with Gasteiger partial charge in [0.1, 0.15) is 0 Å². The number of aryl methyl sites for hydroxylation is 1. The van der Waals surface area contributed by atoms with Crippen LogP contribution < -0.4 is 10.6 Å². The van der Waals surface area contributed by atoms with E-state index in [9.17, 15) is 14.4 Å². The first kappa shape index (κ1) is 21.2. The quantitative estimate of drug-likeness (QED) is 0.774. The number of carbonyl (C=O) groups is 3. The van der Waals surface area contributed by atoms with Crippen LogP contribution in [0, 0.1) is 6.92 Å². The van der Waals surface area contributed by atoms with Gasteiger partial charge in [-0.05, 0) is 30.2 Å². The normalized spacial score (nSPS) is 11.4. The van der Waals surface area contributed by atoms with E-state index in [4.69, 9.17) is 0 Å². The minimum absolute atomic E-state index is 0.0743. The maximum Gasteiger partial charge on any atom is 0.251 e. The topological polar surface area (TPSA) is 78.5 Å². The van der Waals surface area contributed by atoms with Gasteiger partial charge in [0.2, 0.25) is 11.8 Å². The molecule has 0 spiro atoms. The SMILES string of the molecule is CNC(=O)c1ccc(CN(C)C(=O)CC(NC(C)=O)c2ccc(C)cc2)cc1. The van der Waals surface area contributed by atoms with Crippen molar-refractivity contribution in [3.05, 3.63) is 70.8 Å². The fraction of sp³-hybridized carbons (Fsp3) is 0.318. The van der Waals surface area contributed by atoms with Gasteiger partial charge in [0.15, 0.2) is 0 Å². The minimum Gasteiger partial charge on any atom is -0.355 e. The molecular formula is C22H27N3O3. The van der Waals surface area contributed by atoms with Crippen LogP contribution in [0.2, 0.25) is 0 Å². The Morgan fingerprint density at radius 3 is 2.14 bits per heavy atom. The van der Waals surface area contributed by atoms with Crippen LogP contribution in [-0.2, 0) is 16.1 Å². The molecule has 0 saturated carbocycles. The largest absolute Gasteiger partial charge is 0.355 e. The standard InChI is InChI=1S/C22H27N3O3/c1-15-5-9-18(10-6-15)20(24-16(2)26)13-21(27)25(4)14-17-7-11-19(12-8-17)22(28)23-3/h5-12,20H,13-14H2,1-4H3,(H,23,28)(H,24,26). The molecule has 0 aliphatic heterocycles. The van der Waals surface area contributed by atoms with E-state index >= 15 is 0 Å². The lowest BCUT2D eigenvalue weighted by molar-refractivity contribution is -0.131. The molecule has 6 nitrogen and oxygen atoms in total. The van der Waals surface area contributed by atoms with Crippen molar-refractivity contribution in [2.45, 2.75) is 32.9 Å². The number of hydrogen-bond donors (Lipinski definition) is 2. The zero-order valence-electron chi connectivity index (χ0n) is 16.8. The minimum atomic E-state index is -0.372. The highest BCUT2D eigenvalue weighted by Gasteiger charge is 2.19. The number of amides is 3. The van der Waals surface area contributed by atoms with Gasteiger partial charge in [0.05, 0.1) is 12.5 Å². The molecule has 2 aromatic rings. The molecule has 3 amide bonds. The van der Waals surface area contributed by atoms with Crippen LogP contribution in [0.1, 0.15) is 46.4 Å². The Morgan fingerprint density at radius 2 is 1.61 bits per heavy atom. The van der Waals surface area contributed by atoms with E-state index in [1.807, 2.05) is 43.3 Å². The summed E-state index contributed by atoms with van der Waals surface area (Å²) in [5.74, 6) is -0.396. The van der Waals surface area contributed by atoms with Crippen LogP contribution in [0.4, 0.5) is 0 Å². The number of benzene rings is 2. The van der Waals surface area contributed by atoms with Crippen molar-refractivity contribution in [2.24, 2.45) is 0 Å².